The summed E-state index contributed by atoms with van der Waals surface area (Å²) in [5.41, 5.74) is 1.73. The van der Waals surface area contributed by atoms with Crippen LogP contribution in [-0.4, -0.2) is 31.1 Å². The molecule has 1 heterocycles. The summed E-state index contributed by atoms with van der Waals surface area (Å²) in [4.78, 5) is 25.3. The molecule has 0 bridgehead atoms. The fourth-order valence-electron chi connectivity index (χ4n) is 3.85. The molecule has 2 aromatic carbocycles. The summed E-state index contributed by atoms with van der Waals surface area (Å²) in [6.45, 7) is 1.30. The van der Waals surface area contributed by atoms with E-state index in [0.717, 1.165) is 31.2 Å². The normalized spacial score (nSPS) is 20.2. The Morgan fingerprint density at radius 2 is 1.89 bits per heavy atom. The second kappa shape index (κ2) is 7.94. The molecule has 2 aliphatic rings. The Labute approximate surface area is 169 Å². The highest BCUT2D eigenvalue weighted by molar-refractivity contribution is 6.31. The minimum atomic E-state index is -0.460. The van der Waals surface area contributed by atoms with E-state index >= 15 is 0 Å². The molecular formula is C22H23ClN2O3. The summed E-state index contributed by atoms with van der Waals surface area (Å²) in [6.07, 6.45) is 3.61. The fraction of sp³-hybridized carbons (Fsp3) is 0.364. The fourth-order valence-corrected chi connectivity index (χ4v) is 4.04. The van der Waals surface area contributed by atoms with Crippen LogP contribution < -0.4 is 10.6 Å². The van der Waals surface area contributed by atoms with Crippen LogP contribution in [0.4, 0.5) is 5.69 Å². The number of carbonyl (C=O) groups is 2. The number of hydrogen-bond donors (Lipinski definition) is 2. The van der Waals surface area contributed by atoms with Crippen LogP contribution in [-0.2, 0) is 14.9 Å². The zero-order chi connectivity index (χ0) is 19.6. The van der Waals surface area contributed by atoms with Crippen molar-refractivity contribution in [2.75, 3.05) is 18.5 Å². The number of anilines is 1. The van der Waals surface area contributed by atoms with Crippen LogP contribution in [0.5, 0.6) is 0 Å². The maximum absolute atomic E-state index is 12.9. The van der Waals surface area contributed by atoms with Crippen molar-refractivity contribution in [2.24, 2.45) is 0 Å². The van der Waals surface area contributed by atoms with Gasteiger partial charge in [-0.1, -0.05) is 36.2 Å². The van der Waals surface area contributed by atoms with Gasteiger partial charge in [0.05, 0.1) is 18.1 Å². The van der Waals surface area contributed by atoms with Gasteiger partial charge in [-0.3, -0.25) is 9.59 Å². The number of carbonyl (C=O) groups excluding carboxylic acids is 2. The lowest BCUT2D eigenvalue weighted by Gasteiger charge is -2.41. The van der Waals surface area contributed by atoms with Gasteiger partial charge in [0.1, 0.15) is 0 Å². The molecule has 0 unspecified atom stereocenters. The van der Waals surface area contributed by atoms with Gasteiger partial charge in [-0.2, -0.15) is 0 Å². The highest BCUT2D eigenvalue weighted by atomic mass is 35.5. The molecule has 6 heteroatoms. The summed E-state index contributed by atoms with van der Waals surface area (Å²) in [7, 11) is 0. The number of nitrogens with one attached hydrogen (secondary N) is 2. The summed E-state index contributed by atoms with van der Waals surface area (Å²) in [6, 6.07) is 14.5. The van der Waals surface area contributed by atoms with Crippen LogP contribution in [0.15, 0.2) is 48.5 Å². The average Bonchev–Trinajstić information content (AvgIpc) is 3.15. The standard InChI is InChI=1S/C22H23ClN2O3/c23-17-4-1-3-15(13-17)20(26)24-18-7-5-16(6-8-18)22(10-2-11-22)21(27)25-19-9-12-28-14-19/h1,3-8,13,19H,2,9-12,14H2,(H,24,26)(H,25,27)/t19-/m1/s1. The number of amides is 2. The molecule has 2 fully saturated rings. The summed E-state index contributed by atoms with van der Waals surface area (Å²) in [5, 5.41) is 6.54. The Balaban J connectivity index is 1.45. The lowest BCUT2D eigenvalue weighted by molar-refractivity contribution is -0.130. The van der Waals surface area contributed by atoms with Gasteiger partial charge < -0.3 is 15.4 Å². The molecule has 2 amide bonds. The third-order valence-electron chi connectivity index (χ3n) is 5.69. The number of benzene rings is 2. The maximum atomic E-state index is 12.9. The van der Waals surface area contributed by atoms with Crippen molar-refractivity contribution in [3.05, 3.63) is 64.7 Å². The molecule has 1 saturated carbocycles. The molecule has 2 N–H and O–H groups in total. The Bertz CT molecular complexity index is 872. The molecule has 146 valence electrons. The zero-order valence-electron chi connectivity index (χ0n) is 15.5. The first-order valence-corrected chi connectivity index (χ1v) is 10.0. The van der Waals surface area contributed by atoms with Gasteiger partial charge in [-0.25, -0.2) is 0 Å². The van der Waals surface area contributed by atoms with Crippen molar-refractivity contribution in [2.45, 2.75) is 37.1 Å². The average molecular weight is 399 g/mol. The van der Waals surface area contributed by atoms with Gasteiger partial charge in [0.15, 0.2) is 0 Å². The van der Waals surface area contributed by atoms with Crippen molar-refractivity contribution in [3.63, 3.8) is 0 Å². The molecule has 4 rings (SSSR count). The molecule has 0 aromatic heterocycles. The van der Waals surface area contributed by atoms with Crippen LogP contribution in [0.1, 0.15) is 41.6 Å². The molecule has 1 atom stereocenters. The van der Waals surface area contributed by atoms with Gasteiger partial charge in [-0.15, -0.1) is 0 Å². The third kappa shape index (κ3) is 3.77. The SMILES string of the molecule is O=C(Nc1ccc(C2(C(=O)N[C@@H]3CCOC3)CCC2)cc1)c1cccc(Cl)c1. The first-order chi connectivity index (χ1) is 13.6. The number of rotatable bonds is 5. The number of ether oxygens (including phenoxy) is 1. The van der Waals surface area contributed by atoms with E-state index in [4.69, 9.17) is 16.3 Å². The molecule has 1 aliphatic carbocycles. The summed E-state index contributed by atoms with van der Waals surface area (Å²) >= 11 is 5.95. The molecule has 5 nitrogen and oxygen atoms in total. The molecule has 1 aliphatic heterocycles. The third-order valence-corrected chi connectivity index (χ3v) is 5.92. The second-order valence-electron chi connectivity index (χ2n) is 7.51. The molecule has 1 saturated heterocycles. The Kier molecular flexibility index (Phi) is 5.38. The van der Waals surface area contributed by atoms with Gasteiger partial charge in [0.2, 0.25) is 5.91 Å². The quantitative estimate of drug-likeness (QED) is 0.802. The largest absolute Gasteiger partial charge is 0.379 e. The van der Waals surface area contributed by atoms with Crippen LogP contribution in [0.25, 0.3) is 0 Å². The Morgan fingerprint density at radius 1 is 1.11 bits per heavy atom. The van der Waals surface area contributed by atoms with Crippen molar-refractivity contribution < 1.29 is 14.3 Å². The summed E-state index contributed by atoms with van der Waals surface area (Å²) in [5.74, 6) is -0.127. The van der Waals surface area contributed by atoms with Crippen molar-refractivity contribution in [3.8, 4) is 0 Å². The molecular weight excluding hydrogens is 376 g/mol. The van der Waals surface area contributed by atoms with Crippen LogP contribution in [0.2, 0.25) is 5.02 Å². The smallest absolute Gasteiger partial charge is 0.255 e. The molecule has 28 heavy (non-hydrogen) atoms. The van der Waals surface area contributed by atoms with E-state index in [9.17, 15) is 9.59 Å². The minimum absolute atomic E-state index is 0.0879. The highest BCUT2D eigenvalue weighted by Gasteiger charge is 2.46. The first kappa shape index (κ1) is 19.0. The summed E-state index contributed by atoms with van der Waals surface area (Å²) < 4.78 is 5.36. The lowest BCUT2D eigenvalue weighted by atomic mass is 9.63. The van der Waals surface area contributed by atoms with Gasteiger partial charge in [0, 0.05) is 22.9 Å². The minimum Gasteiger partial charge on any atom is -0.379 e. The lowest BCUT2D eigenvalue weighted by Crippen LogP contribution is -2.52. The van der Waals surface area contributed by atoms with Crippen molar-refractivity contribution in [1.29, 1.82) is 0 Å². The second-order valence-corrected chi connectivity index (χ2v) is 7.95. The van der Waals surface area contributed by atoms with Gasteiger partial charge in [0.25, 0.3) is 5.91 Å². The predicted octanol–water partition coefficient (Wildman–Crippen LogP) is 3.92. The predicted molar refractivity (Wildman–Crippen MR) is 109 cm³/mol. The zero-order valence-corrected chi connectivity index (χ0v) is 16.3. The Hall–Kier alpha value is -2.37. The van der Waals surface area contributed by atoms with E-state index in [-0.39, 0.29) is 17.9 Å². The van der Waals surface area contributed by atoms with Crippen LogP contribution in [0, 0.1) is 0 Å². The van der Waals surface area contributed by atoms with Crippen LogP contribution in [0.3, 0.4) is 0 Å². The van der Waals surface area contributed by atoms with Gasteiger partial charge >= 0.3 is 0 Å². The number of hydrogen-bond acceptors (Lipinski definition) is 3. The van der Waals surface area contributed by atoms with E-state index in [1.54, 1.807) is 24.3 Å². The van der Waals surface area contributed by atoms with Gasteiger partial charge in [-0.05, 0) is 55.2 Å². The van der Waals surface area contributed by atoms with E-state index in [1.165, 1.54) is 0 Å². The van der Waals surface area contributed by atoms with E-state index in [1.807, 2.05) is 24.3 Å². The van der Waals surface area contributed by atoms with E-state index < -0.39 is 5.41 Å². The monoisotopic (exact) mass is 398 g/mol. The Morgan fingerprint density at radius 3 is 2.50 bits per heavy atom. The maximum Gasteiger partial charge on any atom is 0.255 e. The van der Waals surface area contributed by atoms with Crippen molar-refractivity contribution >= 4 is 29.1 Å². The van der Waals surface area contributed by atoms with Crippen LogP contribution >= 0.6 is 11.6 Å². The number of halogens is 1. The molecule has 0 spiro atoms. The molecule has 2 aromatic rings. The van der Waals surface area contributed by atoms with E-state index in [2.05, 4.69) is 10.6 Å². The molecule has 0 radical (unpaired) electrons. The first-order valence-electron chi connectivity index (χ1n) is 9.63. The topological polar surface area (TPSA) is 67.4 Å². The van der Waals surface area contributed by atoms with E-state index in [0.29, 0.717) is 29.5 Å². The highest BCUT2D eigenvalue weighted by Crippen LogP contribution is 2.44. The van der Waals surface area contributed by atoms with Crippen molar-refractivity contribution in [1.82, 2.24) is 5.32 Å².